The van der Waals surface area contributed by atoms with Gasteiger partial charge in [-0.3, -0.25) is 4.79 Å². The number of benzene rings is 3. The van der Waals surface area contributed by atoms with Gasteiger partial charge >= 0.3 is 0 Å². The molecule has 0 radical (unpaired) electrons. The van der Waals surface area contributed by atoms with Crippen molar-refractivity contribution in [2.45, 2.75) is 45.6 Å². The summed E-state index contributed by atoms with van der Waals surface area (Å²) in [4.78, 5) is 10.7. The standard InChI is InChI=1S/C26H30N2O2/c1-19-7-13-23(14-8-19)28-24-15-10-21(11-16-24)5-3-4-6-26(30)22-12-9-20(2)25(17-22)27-18-29/h7-18,26,28,30H,3-6H2,1-2H3,(H,27,29)/t26-/m0/s1. The maximum Gasteiger partial charge on any atom is 0.211 e. The van der Waals surface area contributed by atoms with Gasteiger partial charge in [0.15, 0.2) is 0 Å². The lowest BCUT2D eigenvalue weighted by Crippen LogP contribution is -2.02. The summed E-state index contributed by atoms with van der Waals surface area (Å²) in [6.07, 6.45) is 3.81. The highest BCUT2D eigenvalue weighted by Gasteiger charge is 2.09. The van der Waals surface area contributed by atoms with Gasteiger partial charge in [-0.15, -0.1) is 0 Å². The Morgan fingerprint density at radius 3 is 2.23 bits per heavy atom. The van der Waals surface area contributed by atoms with Crippen molar-refractivity contribution in [3.8, 4) is 0 Å². The second-order valence-electron chi connectivity index (χ2n) is 7.79. The van der Waals surface area contributed by atoms with E-state index in [1.165, 1.54) is 11.1 Å². The minimum absolute atomic E-state index is 0.515. The molecule has 3 aromatic rings. The van der Waals surface area contributed by atoms with Crippen LogP contribution in [0.3, 0.4) is 0 Å². The predicted octanol–water partition coefficient (Wildman–Crippen LogP) is 6.06. The molecule has 0 spiro atoms. The Morgan fingerprint density at radius 1 is 0.900 bits per heavy atom. The molecule has 156 valence electrons. The summed E-state index contributed by atoms with van der Waals surface area (Å²) in [6, 6.07) is 22.6. The third kappa shape index (κ3) is 6.19. The smallest absolute Gasteiger partial charge is 0.211 e. The molecule has 0 saturated heterocycles. The van der Waals surface area contributed by atoms with Crippen molar-refractivity contribution in [1.82, 2.24) is 0 Å². The lowest BCUT2D eigenvalue weighted by atomic mass is 9.99. The first kappa shape index (κ1) is 21.6. The molecule has 0 saturated carbocycles. The van der Waals surface area contributed by atoms with E-state index in [2.05, 4.69) is 66.1 Å². The average Bonchev–Trinajstić information content (AvgIpc) is 2.75. The van der Waals surface area contributed by atoms with E-state index < -0.39 is 6.10 Å². The second kappa shape index (κ2) is 10.6. The Hall–Kier alpha value is -3.11. The number of aliphatic hydroxyl groups excluding tert-OH is 1. The highest BCUT2D eigenvalue weighted by atomic mass is 16.3. The summed E-state index contributed by atoms with van der Waals surface area (Å²) in [5, 5.41) is 16.6. The molecule has 0 aliphatic rings. The topological polar surface area (TPSA) is 61.4 Å². The molecule has 3 rings (SSSR count). The van der Waals surface area contributed by atoms with Crippen LogP contribution in [0.15, 0.2) is 66.7 Å². The van der Waals surface area contributed by atoms with Crippen molar-refractivity contribution in [2.75, 3.05) is 10.6 Å². The van der Waals surface area contributed by atoms with Crippen molar-refractivity contribution in [3.63, 3.8) is 0 Å². The van der Waals surface area contributed by atoms with E-state index in [9.17, 15) is 9.90 Å². The van der Waals surface area contributed by atoms with Crippen LogP contribution in [0.5, 0.6) is 0 Å². The number of anilines is 3. The van der Waals surface area contributed by atoms with Gasteiger partial charge in [0.25, 0.3) is 0 Å². The quantitative estimate of drug-likeness (QED) is 0.285. The van der Waals surface area contributed by atoms with Crippen LogP contribution >= 0.6 is 0 Å². The molecule has 3 N–H and O–H groups in total. The summed E-state index contributed by atoms with van der Waals surface area (Å²) in [7, 11) is 0. The number of aliphatic hydroxyl groups is 1. The van der Waals surface area contributed by atoms with Crippen LogP contribution in [0.25, 0.3) is 0 Å². The summed E-state index contributed by atoms with van der Waals surface area (Å²) in [5.74, 6) is 0. The van der Waals surface area contributed by atoms with Gasteiger partial charge in [0.1, 0.15) is 0 Å². The zero-order valence-corrected chi connectivity index (χ0v) is 17.7. The van der Waals surface area contributed by atoms with Crippen LogP contribution in [0.1, 0.15) is 47.6 Å². The van der Waals surface area contributed by atoms with Crippen molar-refractivity contribution in [2.24, 2.45) is 0 Å². The molecule has 0 unspecified atom stereocenters. The molecule has 1 atom stereocenters. The van der Waals surface area contributed by atoms with Gasteiger partial charge in [-0.25, -0.2) is 0 Å². The number of unbranched alkanes of at least 4 members (excludes halogenated alkanes) is 1. The van der Waals surface area contributed by atoms with Crippen molar-refractivity contribution >= 4 is 23.5 Å². The number of hydrogen-bond acceptors (Lipinski definition) is 3. The number of aryl methyl sites for hydroxylation is 3. The summed E-state index contributed by atoms with van der Waals surface area (Å²) in [5.41, 5.74) is 7.30. The Balaban J connectivity index is 1.44. The first-order valence-electron chi connectivity index (χ1n) is 10.5. The van der Waals surface area contributed by atoms with Crippen LogP contribution in [0.4, 0.5) is 17.1 Å². The zero-order valence-electron chi connectivity index (χ0n) is 17.7. The SMILES string of the molecule is Cc1ccc(Nc2ccc(CCCC[C@H](O)c3ccc(C)c(NC=O)c3)cc2)cc1. The van der Waals surface area contributed by atoms with Gasteiger partial charge in [-0.2, -0.15) is 0 Å². The number of carbonyl (C=O) groups excluding carboxylic acids is 1. The third-order valence-corrected chi connectivity index (χ3v) is 5.35. The summed E-state index contributed by atoms with van der Waals surface area (Å²) < 4.78 is 0. The molecule has 4 nitrogen and oxygen atoms in total. The van der Waals surface area contributed by atoms with Gasteiger partial charge in [-0.1, -0.05) is 48.4 Å². The van der Waals surface area contributed by atoms with Crippen molar-refractivity contribution < 1.29 is 9.90 Å². The highest BCUT2D eigenvalue weighted by molar-refractivity contribution is 5.73. The van der Waals surface area contributed by atoms with E-state index in [-0.39, 0.29) is 0 Å². The number of amides is 1. The minimum atomic E-state index is -0.515. The van der Waals surface area contributed by atoms with E-state index in [1.807, 2.05) is 25.1 Å². The number of carbonyl (C=O) groups is 1. The first-order chi connectivity index (χ1) is 14.5. The van der Waals surface area contributed by atoms with E-state index in [0.29, 0.717) is 12.8 Å². The van der Waals surface area contributed by atoms with Crippen LogP contribution in [0, 0.1) is 13.8 Å². The van der Waals surface area contributed by atoms with Gasteiger partial charge in [0.05, 0.1) is 6.10 Å². The Bertz CT molecular complexity index is 950. The average molecular weight is 403 g/mol. The van der Waals surface area contributed by atoms with Gasteiger partial charge in [0, 0.05) is 17.1 Å². The minimum Gasteiger partial charge on any atom is -0.388 e. The van der Waals surface area contributed by atoms with Gasteiger partial charge in [-0.05, 0) is 80.1 Å². The number of hydrogen-bond donors (Lipinski definition) is 3. The van der Waals surface area contributed by atoms with E-state index in [4.69, 9.17) is 0 Å². The fourth-order valence-corrected chi connectivity index (χ4v) is 3.46. The van der Waals surface area contributed by atoms with Crippen LogP contribution in [-0.2, 0) is 11.2 Å². The number of rotatable bonds is 10. The molecule has 4 heteroatoms. The molecule has 0 bridgehead atoms. The van der Waals surface area contributed by atoms with E-state index in [1.54, 1.807) is 0 Å². The lowest BCUT2D eigenvalue weighted by molar-refractivity contribution is -0.105. The normalized spacial score (nSPS) is 11.7. The molecule has 0 heterocycles. The molecule has 0 fully saturated rings. The molecule has 1 amide bonds. The largest absolute Gasteiger partial charge is 0.388 e. The zero-order chi connectivity index (χ0) is 21.3. The second-order valence-corrected chi connectivity index (χ2v) is 7.79. The van der Waals surface area contributed by atoms with Crippen LogP contribution in [-0.4, -0.2) is 11.5 Å². The Morgan fingerprint density at radius 2 is 1.57 bits per heavy atom. The molecule has 0 aliphatic carbocycles. The van der Waals surface area contributed by atoms with Crippen molar-refractivity contribution in [3.05, 3.63) is 89.0 Å². The molecule has 0 aromatic heterocycles. The number of nitrogens with one attached hydrogen (secondary N) is 2. The third-order valence-electron chi connectivity index (χ3n) is 5.35. The predicted molar refractivity (Wildman–Crippen MR) is 124 cm³/mol. The highest BCUT2D eigenvalue weighted by Crippen LogP contribution is 2.25. The van der Waals surface area contributed by atoms with Crippen molar-refractivity contribution in [1.29, 1.82) is 0 Å². The Labute approximate surface area is 179 Å². The van der Waals surface area contributed by atoms with Gasteiger partial charge in [0.2, 0.25) is 6.41 Å². The Kier molecular flexibility index (Phi) is 7.63. The molecular formula is C26H30N2O2. The fraction of sp³-hybridized carbons (Fsp3) is 0.269. The van der Waals surface area contributed by atoms with E-state index >= 15 is 0 Å². The monoisotopic (exact) mass is 402 g/mol. The first-order valence-corrected chi connectivity index (χ1v) is 10.5. The van der Waals surface area contributed by atoms with E-state index in [0.717, 1.165) is 47.5 Å². The van der Waals surface area contributed by atoms with Crippen LogP contribution in [0.2, 0.25) is 0 Å². The lowest BCUT2D eigenvalue weighted by Gasteiger charge is -2.14. The fourth-order valence-electron chi connectivity index (χ4n) is 3.46. The van der Waals surface area contributed by atoms with Gasteiger partial charge < -0.3 is 15.7 Å². The molecule has 3 aromatic carbocycles. The maximum atomic E-state index is 10.7. The van der Waals surface area contributed by atoms with Crippen LogP contribution < -0.4 is 10.6 Å². The summed E-state index contributed by atoms with van der Waals surface area (Å²) >= 11 is 0. The molecule has 0 aliphatic heterocycles. The molecular weight excluding hydrogens is 372 g/mol. The summed E-state index contributed by atoms with van der Waals surface area (Å²) in [6.45, 7) is 4.02. The molecule has 30 heavy (non-hydrogen) atoms. The maximum absolute atomic E-state index is 10.7.